The molecule has 0 unspecified atom stereocenters. The Bertz CT molecular complexity index is 946. The van der Waals surface area contributed by atoms with E-state index in [0.717, 1.165) is 11.6 Å². The molecule has 0 aliphatic carbocycles. The van der Waals surface area contributed by atoms with Gasteiger partial charge in [0, 0.05) is 38.3 Å². The number of carbonyl (C=O) groups excluding carboxylic acids is 1. The summed E-state index contributed by atoms with van der Waals surface area (Å²) in [7, 11) is -3.84. The number of benzene rings is 1. The van der Waals surface area contributed by atoms with Crippen molar-refractivity contribution in [2.75, 3.05) is 26.2 Å². The predicted molar refractivity (Wildman–Crippen MR) is 96.8 cm³/mol. The number of sulfonamides is 1. The molecule has 1 fully saturated rings. The lowest BCUT2D eigenvalue weighted by atomic mass is 10.2. The Hall–Kier alpha value is -2.30. The minimum atomic E-state index is -3.84. The molecule has 0 N–H and O–H groups in total. The summed E-state index contributed by atoms with van der Waals surface area (Å²) < 4.78 is 26.7. The van der Waals surface area contributed by atoms with Crippen molar-refractivity contribution in [1.82, 2.24) is 9.21 Å². The highest BCUT2D eigenvalue weighted by Crippen LogP contribution is 2.23. The number of carbonyl (C=O) groups is 1. The second-order valence-corrected chi connectivity index (χ2v) is 8.74. The number of aryl methyl sites for hydroxylation is 1. The van der Waals surface area contributed by atoms with Crippen molar-refractivity contribution < 1.29 is 18.1 Å². The highest BCUT2D eigenvalue weighted by Gasteiger charge is 2.31. The van der Waals surface area contributed by atoms with Crippen molar-refractivity contribution in [3.05, 3.63) is 56.3 Å². The number of hydrogen-bond acceptors (Lipinski definition) is 6. The van der Waals surface area contributed by atoms with Crippen molar-refractivity contribution in [2.45, 2.75) is 11.8 Å². The lowest BCUT2D eigenvalue weighted by Crippen LogP contribution is -2.50. The summed E-state index contributed by atoms with van der Waals surface area (Å²) in [6.45, 7) is 2.74. The zero-order valence-electron chi connectivity index (χ0n) is 14.0. The van der Waals surface area contributed by atoms with Gasteiger partial charge in [0.25, 0.3) is 11.6 Å². The molecule has 0 saturated carbocycles. The first kappa shape index (κ1) is 18.5. The Morgan fingerprint density at radius 3 is 2.46 bits per heavy atom. The number of non-ortho nitro benzene ring substituents is 1. The number of nitrogens with zero attached hydrogens (tertiary/aromatic N) is 3. The molecule has 10 heteroatoms. The van der Waals surface area contributed by atoms with E-state index in [1.807, 2.05) is 18.4 Å². The molecule has 0 radical (unpaired) electrons. The van der Waals surface area contributed by atoms with E-state index >= 15 is 0 Å². The maximum absolute atomic E-state index is 12.7. The lowest BCUT2D eigenvalue weighted by molar-refractivity contribution is -0.385. The molecular formula is C16H17N3O5S2. The van der Waals surface area contributed by atoms with Gasteiger partial charge in [0.15, 0.2) is 0 Å². The molecule has 1 aromatic carbocycles. The summed E-state index contributed by atoms with van der Waals surface area (Å²) in [5, 5.41) is 12.7. The first-order valence-corrected chi connectivity index (χ1v) is 10.2. The molecule has 8 nitrogen and oxygen atoms in total. The molecule has 0 spiro atoms. The third-order valence-corrected chi connectivity index (χ3v) is 7.15. The maximum Gasteiger partial charge on any atom is 0.270 e. The van der Waals surface area contributed by atoms with Crippen LogP contribution in [0, 0.1) is 17.0 Å². The molecule has 1 amide bonds. The van der Waals surface area contributed by atoms with E-state index in [1.54, 1.807) is 4.90 Å². The number of thiophene rings is 1. The molecule has 138 valence electrons. The number of nitro benzene ring substituents is 1. The minimum absolute atomic E-state index is 0.0927. The number of nitro groups is 1. The maximum atomic E-state index is 12.7. The molecule has 0 bridgehead atoms. The fourth-order valence-electron chi connectivity index (χ4n) is 2.77. The summed E-state index contributed by atoms with van der Waals surface area (Å²) in [5.74, 6) is -0.0927. The third-order valence-electron chi connectivity index (χ3n) is 4.25. The molecule has 1 aromatic heterocycles. The second kappa shape index (κ2) is 7.14. The normalized spacial score (nSPS) is 15.8. The van der Waals surface area contributed by atoms with Crippen LogP contribution in [0.4, 0.5) is 5.69 Å². The summed E-state index contributed by atoms with van der Waals surface area (Å²) >= 11 is 1.37. The van der Waals surface area contributed by atoms with Crippen LogP contribution in [0.25, 0.3) is 0 Å². The Morgan fingerprint density at radius 2 is 1.88 bits per heavy atom. The fourth-order valence-corrected chi connectivity index (χ4v) is 5.13. The fraction of sp³-hybridized carbons (Fsp3) is 0.312. The van der Waals surface area contributed by atoms with Gasteiger partial charge in [-0.2, -0.15) is 4.31 Å². The summed E-state index contributed by atoms with van der Waals surface area (Å²) in [6.07, 6.45) is 0. The van der Waals surface area contributed by atoms with Gasteiger partial charge >= 0.3 is 0 Å². The first-order valence-electron chi connectivity index (χ1n) is 7.88. The molecule has 3 rings (SSSR count). The quantitative estimate of drug-likeness (QED) is 0.583. The number of amides is 1. The van der Waals surface area contributed by atoms with Gasteiger partial charge in [0.1, 0.15) is 0 Å². The monoisotopic (exact) mass is 395 g/mol. The zero-order valence-corrected chi connectivity index (χ0v) is 15.6. The van der Waals surface area contributed by atoms with Crippen molar-refractivity contribution in [1.29, 1.82) is 0 Å². The second-order valence-electron chi connectivity index (χ2n) is 5.88. The van der Waals surface area contributed by atoms with Crippen molar-refractivity contribution >= 4 is 33.0 Å². The minimum Gasteiger partial charge on any atom is -0.335 e. The topological polar surface area (TPSA) is 101 Å². The van der Waals surface area contributed by atoms with E-state index in [-0.39, 0.29) is 42.7 Å². The van der Waals surface area contributed by atoms with Gasteiger partial charge in [-0.05, 0) is 30.0 Å². The SMILES string of the molecule is Cc1ccsc1C(=O)N1CCN(S(=O)(=O)c2cccc([N+](=O)[O-])c2)CC1. The lowest BCUT2D eigenvalue weighted by Gasteiger charge is -2.33. The Labute approximate surface area is 154 Å². The number of rotatable bonds is 4. The standard InChI is InChI=1S/C16H17N3O5S2/c1-12-5-10-25-15(12)16(20)17-6-8-18(9-7-17)26(23,24)14-4-2-3-13(11-14)19(21)22/h2-5,10-11H,6-9H2,1H3. The van der Waals surface area contributed by atoms with E-state index in [0.29, 0.717) is 4.88 Å². The van der Waals surface area contributed by atoms with Crippen LogP contribution in [0.1, 0.15) is 15.2 Å². The van der Waals surface area contributed by atoms with E-state index in [9.17, 15) is 23.3 Å². The van der Waals surface area contributed by atoms with Crippen molar-refractivity contribution in [2.24, 2.45) is 0 Å². The molecule has 1 saturated heterocycles. The van der Waals surface area contributed by atoms with E-state index in [4.69, 9.17) is 0 Å². The predicted octanol–water partition coefficient (Wildman–Crippen LogP) is 2.11. The van der Waals surface area contributed by atoms with Crippen LogP contribution in [0.15, 0.2) is 40.6 Å². The van der Waals surface area contributed by atoms with E-state index in [1.165, 1.54) is 33.8 Å². The van der Waals surface area contributed by atoms with Gasteiger partial charge in [-0.1, -0.05) is 6.07 Å². The smallest absolute Gasteiger partial charge is 0.270 e. The highest BCUT2D eigenvalue weighted by molar-refractivity contribution is 7.89. The van der Waals surface area contributed by atoms with Crippen LogP contribution in [0.5, 0.6) is 0 Å². The highest BCUT2D eigenvalue weighted by atomic mass is 32.2. The Morgan fingerprint density at radius 1 is 1.19 bits per heavy atom. The molecule has 1 aliphatic heterocycles. The molecular weight excluding hydrogens is 378 g/mol. The summed E-state index contributed by atoms with van der Waals surface area (Å²) in [4.78, 5) is 25.0. The van der Waals surface area contributed by atoms with Gasteiger partial charge in [0.2, 0.25) is 10.0 Å². The van der Waals surface area contributed by atoms with Crippen LogP contribution in [0.3, 0.4) is 0 Å². The van der Waals surface area contributed by atoms with Gasteiger partial charge in [-0.15, -0.1) is 11.3 Å². The van der Waals surface area contributed by atoms with Crippen molar-refractivity contribution in [3.63, 3.8) is 0 Å². The molecule has 26 heavy (non-hydrogen) atoms. The first-order chi connectivity index (χ1) is 12.3. The molecule has 1 aliphatic rings. The molecule has 2 aromatic rings. The van der Waals surface area contributed by atoms with Crippen LogP contribution in [-0.2, 0) is 10.0 Å². The van der Waals surface area contributed by atoms with Crippen LogP contribution in [-0.4, -0.2) is 54.6 Å². The van der Waals surface area contributed by atoms with Crippen molar-refractivity contribution in [3.8, 4) is 0 Å². The van der Waals surface area contributed by atoms with Gasteiger partial charge in [-0.3, -0.25) is 14.9 Å². The van der Waals surface area contributed by atoms with Gasteiger partial charge in [-0.25, -0.2) is 8.42 Å². The van der Waals surface area contributed by atoms with Crippen LogP contribution in [0.2, 0.25) is 0 Å². The van der Waals surface area contributed by atoms with E-state index < -0.39 is 14.9 Å². The number of piperazine rings is 1. The summed E-state index contributed by atoms with van der Waals surface area (Å²) in [6, 6.07) is 6.88. The summed E-state index contributed by atoms with van der Waals surface area (Å²) in [5.41, 5.74) is 0.639. The van der Waals surface area contributed by atoms with Gasteiger partial charge in [0.05, 0.1) is 14.7 Å². The zero-order chi connectivity index (χ0) is 18.9. The largest absolute Gasteiger partial charge is 0.335 e. The Balaban J connectivity index is 1.73. The van der Waals surface area contributed by atoms with Gasteiger partial charge < -0.3 is 4.90 Å². The molecule has 2 heterocycles. The van der Waals surface area contributed by atoms with E-state index in [2.05, 4.69) is 0 Å². The average molecular weight is 395 g/mol. The molecule has 0 atom stereocenters. The third kappa shape index (κ3) is 3.48. The Kier molecular flexibility index (Phi) is 5.08. The van der Waals surface area contributed by atoms with Crippen LogP contribution >= 0.6 is 11.3 Å². The van der Waals surface area contributed by atoms with Crippen LogP contribution < -0.4 is 0 Å². The average Bonchev–Trinajstić information content (AvgIpc) is 3.07. The number of hydrogen-bond donors (Lipinski definition) is 0.